The topological polar surface area (TPSA) is 36.9 Å². The van der Waals surface area contributed by atoms with Crippen molar-refractivity contribution in [2.75, 3.05) is 26.4 Å². The highest BCUT2D eigenvalue weighted by Gasteiger charge is 2.17. The first-order chi connectivity index (χ1) is 11.6. The summed E-state index contributed by atoms with van der Waals surface area (Å²) < 4.78 is 23.0. The fraction of sp³-hybridized carbons (Fsp3) is 1.00. The van der Waals surface area contributed by atoms with Crippen molar-refractivity contribution in [1.29, 1.82) is 0 Å². The average molecular weight is 415 g/mol. The Morgan fingerprint density at radius 1 is 0.625 bits per heavy atom. The zero-order valence-corrected chi connectivity index (χ0v) is 20.4. The molecule has 0 bridgehead atoms. The van der Waals surface area contributed by atoms with Gasteiger partial charge in [-0.2, -0.15) is 0 Å². The van der Waals surface area contributed by atoms with Gasteiger partial charge in [0.2, 0.25) is 0 Å². The van der Waals surface area contributed by atoms with Gasteiger partial charge in [-0.25, -0.2) is 0 Å². The van der Waals surface area contributed by atoms with E-state index in [0.29, 0.717) is 10.5 Å². The summed E-state index contributed by atoms with van der Waals surface area (Å²) in [6.45, 7) is 15.9. The molecule has 146 valence electrons. The molecule has 0 N–H and O–H groups in total. The number of rotatable bonds is 17. The summed E-state index contributed by atoms with van der Waals surface area (Å²) >= 11 is 0. The van der Waals surface area contributed by atoms with E-state index in [0.717, 1.165) is 38.5 Å². The lowest BCUT2D eigenvalue weighted by Gasteiger charge is -2.19. The predicted molar refractivity (Wildman–Crippen MR) is 114 cm³/mol. The molecule has 0 fully saturated rings. The molecule has 0 radical (unpaired) electrons. The van der Waals surface area contributed by atoms with Gasteiger partial charge < -0.3 is 17.7 Å². The molecule has 0 aromatic rings. The van der Waals surface area contributed by atoms with Crippen LogP contribution in [-0.2, 0) is 17.7 Å². The molecule has 0 spiro atoms. The second-order valence-electron chi connectivity index (χ2n) is 5.65. The zero-order valence-electron chi connectivity index (χ0n) is 16.4. The molecule has 0 aliphatic heterocycles. The Balaban J connectivity index is 3.88. The molecule has 0 aromatic heterocycles. The van der Waals surface area contributed by atoms with Gasteiger partial charge in [-0.1, -0.05) is 35.4 Å². The fourth-order valence-corrected chi connectivity index (χ4v) is 9.13. The van der Waals surface area contributed by atoms with E-state index in [-0.39, 0.29) is 0 Å². The molecule has 0 rings (SSSR count). The maximum absolute atomic E-state index is 5.75. The summed E-state index contributed by atoms with van der Waals surface area (Å²) in [5, 5.41) is 1.28. The first-order valence-electron chi connectivity index (χ1n) is 9.35. The number of hydrogen-bond acceptors (Lipinski definition) is 6. The molecule has 2 atom stereocenters. The van der Waals surface area contributed by atoms with Gasteiger partial charge >= 0.3 is 18.6 Å². The quantitative estimate of drug-likeness (QED) is 0.257. The van der Waals surface area contributed by atoms with Crippen LogP contribution in [0.3, 0.4) is 0 Å². The molecular formula is C16H38O4S2Si2. The highest BCUT2D eigenvalue weighted by molar-refractivity contribution is 8.77. The van der Waals surface area contributed by atoms with Gasteiger partial charge in [-0.15, -0.1) is 0 Å². The van der Waals surface area contributed by atoms with Crippen LogP contribution in [0.1, 0.15) is 54.4 Å². The molecule has 8 heteroatoms. The van der Waals surface area contributed by atoms with Crippen LogP contribution in [0, 0.1) is 0 Å². The van der Waals surface area contributed by atoms with Gasteiger partial charge in [0, 0.05) is 36.9 Å². The van der Waals surface area contributed by atoms with E-state index < -0.39 is 18.6 Å². The Bertz CT molecular complexity index is 240. The molecule has 4 nitrogen and oxygen atoms in total. The largest absolute Gasteiger partial charge is 0.397 e. The Morgan fingerprint density at radius 3 is 1.17 bits per heavy atom. The highest BCUT2D eigenvalue weighted by Crippen LogP contribution is 2.35. The van der Waals surface area contributed by atoms with Crippen LogP contribution in [0.25, 0.3) is 0 Å². The van der Waals surface area contributed by atoms with Crippen LogP contribution in [-0.4, -0.2) is 55.5 Å². The fourth-order valence-electron chi connectivity index (χ4n) is 2.20. The smallest absolute Gasteiger partial charge is 0.321 e. The molecule has 0 saturated carbocycles. The summed E-state index contributed by atoms with van der Waals surface area (Å²) in [7, 11) is 1.14. The van der Waals surface area contributed by atoms with Crippen molar-refractivity contribution in [2.24, 2.45) is 0 Å². The van der Waals surface area contributed by atoms with Gasteiger partial charge in [-0.05, 0) is 52.6 Å². The Morgan fingerprint density at radius 2 is 0.917 bits per heavy atom. The molecule has 0 aliphatic carbocycles. The van der Waals surface area contributed by atoms with Gasteiger partial charge in [0.15, 0.2) is 0 Å². The van der Waals surface area contributed by atoms with Gasteiger partial charge in [0.25, 0.3) is 0 Å². The van der Waals surface area contributed by atoms with Crippen LogP contribution in [0.15, 0.2) is 0 Å². The lowest BCUT2D eigenvalue weighted by Crippen LogP contribution is -2.24. The van der Waals surface area contributed by atoms with Crippen LogP contribution < -0.4 is 0 Å². The molecule has 0 amide bonds. The van der Waals surface area contributed by atoms with Gasteiger partial charge in [0.1, 0.15) is 0 Å². The normalized spacial score (nSPS) is 14.5. The number of hydrogen-bond donors (Lipinski definition) is 0. The Labute approximate surface area is 161 Å². The van der Waals surface area contributed by atoms with Crippen LogP contribution >= 0.6 is 21.6 Å². The lowest BCUT2D eigenvalue weighted by molar-refractivity contribution is 0.212. The van der Waals surface area contributed by atoms with E-state index in [1.54, 1.807) is 0 Å². The second kappa shape index (κ2) is 17.4. The first kappa shape index (κ1) is 25.0. The zero-order chi connectivity index (χ0) is 18.2. The van der Waals surface area contributed by atoms with E-state index in [9.17, 15) is 0 Å². The van der Waals surface area contributed by atoms with E-state index in [1.807, 2.05) is 21.6 Å². The van der Waals surface area contributed by atoms with E-state index >= 15 is 0 Å². The molecule has 0 aliphatic rings. The van der Waals surface area contributed by atoms with Crippen molar-refractivity contribution in [3.63, 3.8) is 0 Å². The van der Waals surface area contributed by atoms with Gasteiger partial charge in [-0.3, -0.25) is 0 Å². The molecule has 2 unspecified atom stereocenters. The minimum Gasteiger partial charge on any atom is -0.397 e. The summed E-state index contributed by atoms with van der Waals surface area (Å²) in [5.41, 5.74) is 0. The standard InChI is InChI=1S/C16H38O4S2Si2/c1-7-17-23(18-8-2)13-11-15(5)21-22-16(6)12-14-24(19-9-3)20-10-4/h15-16,23-24H,7-14H2,1-6H3. The summed E-state index contributed by atoms with van der Waals surface area (Å²) in [4.78, 5) is 0. The SMILES string of the molecule is CCO[SiH](CCC(C)SSC(C)CC[SiH](OCC)OCC)OCC. The lowest BCUT2D eigenvalue weighted by atomic mass is 10.4. The van der Waals surface area contributed by atoms with Crippen LogP contribution in [0.2, 0.25) is 12.1 Å². The summed E-state index contributed by atoms with van der Waals surface area (Å²) in [5.74, 6) is 0. The maximum Gasteiger partial charge on any atom is 0.321 e. The third-order valence-corrected chi connectivity index (χ3v) is 11.4. The molecule has 0 saturated heterocycles. The molecule has 24 heavy (non-hydrogen) atoms. The van der Waals surface area contributed by atoms with Crippen molar-refractivity contribution in [2.45, 2.75) is 77.0 Å². The molecular weight excluding hydrogens is 376 g/mol. The van der Waals surface area contributed by atoms with Crippen molar-refractivity contribution in [1.82, 2.24) is 0 Å². The van der Waals surface area contributed by atoms with Crippen molar-refractivity contribution in [3.8, 4) is 0 Å². The van der Waals surface area contributed by atoms with E-state index in [1.165, 1.54) is 12.8 Å². The van der Waals surface area contributed by atoms with Crippen molar-refractivity contribution < 1.29 is 17.7 Å². The molecule has 0 aromatic carbocycles. The minimum absolute atomic E-state index is 0.639. The highest BCUT2D eigenvalue weighted by atomic mass is 33.1. The third kappa shape index (κ3) is 14.2. The van der Waals surface area contributed by atoms with Crippen molar-refractivity contribution >= 4 is 40.2 Å². The Hall–Kier alpha value is 0.974. The average Bonchev–Trinajstić information content (AvgIpc) is 2.56. The van der Waals surface area contributed by atoms with Crippen LogP contribution in [0.5, 0.6) is 0 Å². The molecule has 0 heterocycles. The van der Waals surface area contributed by atoms with Gasteiger partial charge in [0.05, 0.1) is 0 Å². The van der Waals surface area contributed by atoms with Crippen LogP contribution in [0.4, 0.5) is 0 Å². The van der Waals surface area contributed by atoms with E-state index in [2.05, 4.69) is 41.5 Å². The second-order valence-corrected chi connectivity index (χ2v) is 13.0. The summed E-state index contributed by atoms with van der Waals surface area (Å²) in [6.07, 6.45) is 2.35. The maximum atomic E-state index is 5.75. The van der Waals surface area contributed by atoms with Crippen molar-refractivity contribution in [3.05, 3.63) is 0 Å². The minimum atomic E-state index is -1.43. The first-order valence-corrected chi connectivity index (χ1v) is 15.1. The predicted octanol–water partition coefficient (Wildman–Crippen LogP) is 4.51. The third-order valence-electron chi connectivity index (χ3n) is 3.41. The monoisotopic (exact) mass is 414 g/mol. The van der Waals surface area contributed by atoms with E-state index in [4.69, 9.17) is 17.7 Å². The Kier molecular flexibility index (Phi) is 18.1. The summed E-state index contributed by atoms with van der Waals surface area (Å²) in [6, 6.07) is 2.21.